The van der Waals surface area contributed by atoms with E-state index in [-0.39, 0.29) is 0 Å². The number of oxazole rings is 1. The summed E-state index contributed by atoms with van der Waals surface area (Å²) in [5, 5.41) is 0. The molecular formula is C9H6BrNO3S. The summed E-state index contributed by atoms with van der Waals surface area (Å²) in [6, 6.07) is 0. The molecule has 3 rings (SSSR count). The van der Waals surface area contributed by atoms with Crippen LogP contribution in [0.4, 0.5) is 0 Å². The number of ether oxygens (including phenoxy) is 2. The molecule has 0 aromatic carbocycles. The number of rotatable bonds is 1. The first-order valence-corrected chi connectivity index (χ1v) is 5.93. The van der Waals surface area contributed by atoms with Gasteiger partial charge in [-0.2, -0.15) is 0 Å². The van der Waals surface area contributed by atoms with Crippen LogP contribution in [0.15, 0.2) is 20.9 Å². The van der Waals surface area contributed by atoms with Crippen LogP contribution in [0.2, 0.25) is 0 Å². The second kappa shape index (κ2) is 3.53. The van der Waals surface area contributed by atoms with Gasteiger partial charge in [-0.25, -0.2) is 4.98 Å². The first kappa shape index (κ1) is 9.23. The fourth-order valence-electron chi connectivity index (χ4n) is 1.41. The van der Waals surface area contributed by atoms with Gasteiger partial charge in [0.2, 0.25) is 0 Å². The van der Waals surface area contributed by atoms with Gasteiger partial charge in [0, 0.05) is 0 Å². The molecule has 4 nitrogen and oxygen atoms in total. The number of nitrogens with zero attached hydrogens (tertiary/aromatic N) is 1. The molecule has 1 aliphatic heterocycles. The average molecular weight is 288 g/mol. The zero-order valence-corrected chi connectivity index (χ0v) is 9.93. The maximum atomic E-state index is 5.57. The maximum Gasteiger partial charge on any atom is 0.187 e. The van der Waals surface area contributed by atoms with Crippen molar-refractivity contribution in [2.75, 3.05) is 13.2 Å². The Morgan fingerprint density at radius 1 is 1.27 bits per heavy atom. The van der Waals surface area contributed by atoms with Gasteiger partial charge in [-0.3, -0.25) is 0 Å². The zero-order chi connectivity index (χ0) is 10.3. The number of halogens is 1. The van der Waals surface area contributed by atoms with Crippen molar-refractivity contribution in [1.82, 2.24) is 4.98 Å². The molecule has 0 N–H and O–H groups in total. The van der Waals surface area contributed by atoms with Gasteiger partial charge in [-0.05, 0) is 15.9 Å². The smallest absolute Gasteiger partial charge is 0.187 e. The standard InChI is InChI=1S/C9H6BrNO3S/c10-9-7-6(13-1-2-14-7)8(15-9)5-3-12-4-11-5/h3-4H,1-2H2. The Bertz CT molecular complexity index is 480. The molecule has 0 bridgehead atoms. The summed E-state index contributed by atoms with van der Waals surface area (Å²) in [6.07, 6.45) is 3.00. The van der Waals surface area contributed by atoms with Gasteiger partial charge in [0.05, 0.1) is 0 Å². The van der Waals surface area contributed by atoms with Gasteiger partial charge >= 0.3 is 0 Å². The van der Waals surface area contributed by atoms with Crippen molar-refractivity contribution in [2.24, 2.45) is 0 Å². The molecule has 0 saturated carbocycles. The van der Waals surface area contributed by atoms with Crippen LogP contribution in [-0.4, -0.2) is 18.2 Å². The molecule has 2 aromatic rings. The maximum absolute atomic E-state index is 5.57. The van der Waals surface area contributed by atoms with E-state index in [0.29, 0.717) is 13.2 Å². The van der Waals surface area contributed by atoms with Gasteiger partial charge in [-0.1, -0.05) is 0 Å². The normalized spacial score (nSPS) is 14.2. The fourth-order valence-corrected chi connectivity index (χ4v) is 3.06. The number of aromatic nitrogens is 1. The van der Waals surface area contributed by atoms with E-state index < -0.39 is 0 Å². The Balaban J connectivity index is 2.16. The summed E-state index contributed by atoms with van der Waals surface area (Å²) in [5.41, 5.74) is 0.771. The van der Waals surface area contributed by atoms with E-state index in [2.05, 4.69) is 20.9 Å². The number of hydrogen-bond donors (Lipinski definition) is 0. The van der Waals surface area contributed by atoms with E-state index in [1.54, 1.807) is 6.26 Å². The summed E-state index contributed by atoms with van der Waals surface area (Å²) < 4.78 is 17.0. The molecule has 0 atom stereocenters. The first-order chi connectivity index (χ1) is 7.36. The second-order valence-corrected chi connectivity index (χ2v) is 5.27. The van der Waals surface area contributed by atoms with Crippen LogP contribution >= 0.6 is 27.3 Å². The molecule has 15 heavy (non-hydrogen) atoms. The quantitative estimate of drug-likeness (QED) is 0.809. The highest BCUT2D eigenvalue weighted by Gasteiger charge is 2.25. The van der Waals surface area contributed by atoms with Crippen LogP contribution in [-0.2, 0) is 0 Å². The van der Waals surface area contributed by atoms with E-state index >= 15 is 0 Å². The number of fused-ring (bicyclic) bond motifs is 1. The van der Waals surface area contributed by atoms with Crippen molar-refractivity contribution in [3.63, 3.8) is 0 Å². The average Bonchev–Trinajstić information content (AvgIpc) is 2.87. The van der Waals surface area contributed by atoms with Crippen LogP contribution in [0.3, 0.4) is 0 Å². The van der Waals surface area contributed by atoms with Crippen molar-refractivity contribution in [3.05, 3.63) is 16.4 Å². The molecule has 0 amide bonds. The minimum absolute atomic E-state index is 0.570. The minimum atomic E-state index is 0.570. The first-order valence-electron chi connectivity index (χ1n) is 4.32. The molecule has 0 aliphatic carbocycles. The van der Waals surface area contributed by atoms with Crippen LogP contribution in [0, 0.1) is 0 Å². The molecule has 6 heteroatoms. The van der Waals surface area contributed by atoms with E-state index in [0.717, 1.165) is 25.9 Å². The van der Waals surface area contributed by atoms with Crippen LogP contribution in [0.1, 0.15) is 0 Å². The topological polar surface area (TPSA) is 44.5 Å². The molecule has 0 spiro atoms. The van der Waals surface area contributed by atoms with Crippen molar-refractivity contribution >= 4 is 27.3 Å². The van der Waals surface area contributed by atoms with Crippen LogP contribution < -0.4 is 9.47 Å². The Labute approximate surface area is 98.0 Å². The lowest BCUT2D eigenvalue weighted by molar-refractivity contribution is 0.173. The Morgan fingerprint density at radius 3 is 2.80 bits per heavy atom. The molecule has 0 saturated heterocycles. The largest absolute Gasteiger partial charge is 0.484 e. The van der Waals surface area contributed by atoms with Crippen molar-refractivity contribution in [2.45, 2.75) is 0 Å². The van der Waals surface area contributed by atoms with Crippen molar-refractivity contribution < 1.29 is 13.9 Å². The van der Waals surface area contributed by atoms with Crippen LogP contribution in [0.5, 0.6) is 11.5 Å². The molecule has 0 unspecified atom stereocenters. The second-order valence-electron chi connectivity index (χ2n) is 2.93. The highest BCUT2D eigenvalue weighted by Crippen LogP contribution is 2.51. The number of hydrogen-bond acceptors (Lipinski definition) is 5. The molecule has 3 heterocycles. The van der Waals surface area contributed by atoms with Gasteiger partial charge in [-0.15, -0.1) is 11.3 Å². The van der Waals surface area contributed by atoms with E-state index in [1.807, 2.05) is 0 Å². The fraction of sp³-hybridized carbons (Fsp3) is 0.222. The zero-order valence-electron chi connectivity index (χ0n) is 7.53. The molecule has 1 aliphatic rings. The monoisotopic (exact) mass is 287 g/mol. The summed E-state index contributed by atoms with van der Waals surface area (Å²) in [6.45, 7) is 1.15. The predicted octanol–water partition coefficient (Wildman–Crippen LogP) is 2.94. The molecule has 78 valence electrons. The highest BCUT2D eigenvalue weighted by molar-refractivity contribution is 9.11. The van der Waals surface area contributed by atoms with E-state index in [1.165, 1.54) is 17.7 Å². The summed E-state index contributed by atoms with van der Waals surface area (Å²) in [5.74, 6) is 1.52. The third-order valence-corrected chi connectivity index (χ3v) is 3.83. The molecular weight excluding hydrogens is 282 g/mol. The minimum Gasteiger partial charge on any atom is -0.484 e. The lowest BCUT2D eigenvalue weighted by Crippen LogP contribution is -2.14. The molecule has 2 aromatic heterocycles. The lowest BCUT2D eigenvalue weighted by atomic mass is 10.3. The van der Waals surface area contributed by atoms with Crippen LogP contribution in [0.25, 0.3) is 10.6 Å². The summed E-state index contributed by atoms with van der Waals surface area (Å²) in [4.78, 5) is 5.03. The van der Waals surface area contributed by atoms with E-state index in [4.69, 9.17) is 13.9 Å². The Morgan fingerprint density at radius 2 is 2.07 bits per heavy atom. The third-order valence-electron chi connectivity index (χ3n) is 2.02. The lowest BCUT2D eigenvalue weighted by Gasteiger charge is -2.15. The van der Waals surface area contributed by atoms with Gasteiger partial charge in [0.1, 0.15) is 33.8 Å². The third kappa shape index (κ3) is 1.44. The highest BCUT2D eigenvalue weighted by atomic mass is 79.9. The van der Waals surface area contributed by atoms with E-state index in [9.17, 15) is 0 Å². The van der Waals surface area contributed by atoms with Gasteiger partial charge < -0.3 is 13.9 Å². The van der Waals surface area contributed by atoms with Crippen molar-refractivity contribution in [3.8, 4) is 22.1 Å². The van der Waals surface area contributed by atoms with Gasteiger partial charge in [0.25, 0.3) is 0 Å². The van der Waals surface area contributed by atoms with Gasteiger partial charge in [0.15, 0.2) is 17.9 Å². The Kier molecular flexibility index (Phi) is 2.17. The molecule has 0 fully saturated rings. The predicted molar refractivity (Wildman–Crippen MR) is 58.5 cm³/mol. The van der Waals surface area contributed by atoms with Crippen molar-refractivity contribution in [1.29, 1.82) is 0 Å². The summed E-state index contributed by atoms with van der Waals surface area (Å²) in [7, 11) is 0. The summed E-state index contributed by atoms with van der Waals surface area (Å²) >= 11 is 4.98. The molecule has 0 radical (unpaired) electrons. The number of thiophene rings is 1. The SMILES string of the molecule is Brc1sc(-c2cocn2)c2c1OCCO2. The Hall–Kier alpha value is -1.01.